The summed E-state index contributed by atoms with van der Waals surface area (Å²) in [5.74, 6) is 0.127. The predicted octanol–water partition coefficient (Wildman–Crippen LogP) is 3.16. The molecule has 0 saturated carbocycles. The summed E-state index contributed by atoms with van der Waals surface area (Å²) in [4.78, 5) is 25.5. The highest BCUT2D eigenvalue weighted by Crippen LogP contribution is 2.38. The van der Waals surface area contributed by atoms with Gasteiger partial charge in [-0.1, -0.05) is 12.1 Å². The molecule has 1 N–H and O–H groups in total. The fourth-order valence-corrected chi connectivity index (χ4v) is 4.86. The van der Waals surface area contributed by atoms with Gasteiger partial charge in [-0.25, -0.2) is 42.7 Å². The van der Waals surface area contributed by atoms with Gasteiger partial charge in [-0.15, -0.1) is 0 Å². The van der Waals surface area contributed by atoms with E-state index in [4.69, 9.17) is 14.2 Å². The van der Waals surface area contributed by atoms with Crippen molar-refractivity contribution >= 4 is 27.1 Å². The summed E-state index contributed by atoms with van der Waals surface area (Å²) in [7, 11) is -1.02. The van der Waals surface area contributed by atoms with E-state index in [9.17, 15) is 12.8 Å². The molecule has 0 bridgehead atoms. The van der Waals surface area contributed by atoms with Crippen LogP contribution in [0.4, 0.5) is 10.2 Å². The van der Waals surface area contributed by atoms with Crippen molar-refractivity contribution in [2.45, 2.75) is 12.7 Å². The summed E-state index contributed by atoms with van der Waals surface area (Å²) in [6.45, 7) is 2.27. The van der Waals surface area contributed by atoms with Crippen LogP contribution in [0, 0.1) is 5.82 Å². The molecule has 0 unspecified atom stereocenters. The molecule has 4 heterocycles. The Morgan fingerprint density at radius 1 is 0.925 bits per heavy atom. The molecule has 1 aromatic carbocycles. The zero-order chi connectivity index (χ0) is 28.3. The number of nitrogens with one attached hydrogen (secondary N) is 1. The predicted molar refractivity (Wildman–Crippen MR) is 142 cm³/mol. The molecule has 0 fully saturated rings. The molecule has 0 aliphatic rings. The lowest BCUT2D eigenvalue weighted by Crippen LogP contribution is -2.18. The molecule has 13 nitrogen and oxygen atoms in total. The largest absolute Gasteiger partial charge is 0.494 e. The lowest BCUT2D eigenvalue weighted by atomic mass is 10.2. The number of aromatic nitrogens is 7. The molecule has 15 heteroatoms. The fraction of sp³-hybridized carbons (Fsp3) is 0.200. The van der Waals surface area contributed by atoms with Crippen LogP contribution in [0.2, 0.25) is 0 Å². The molecule has 4 aromatic heterocycles. The van der Waals surface area contributed by atoms with Gasteiger partial charge in [0.2, 0.25) is 15.9 Å². The molecule has 0 spiro atoms. The van der Waals surface area contributed by atoms with E-state index in [2.05, 4.69) is 34.6 Å². The summed E-state index contributed by atoms with van der Waals surface area (Å²) in [6.07, 6.45) is 3.01. The maximum atomic E-state index is 13.1. The molecule has 206 valence electrons. The Kier molecular flexibility index (Phi) is 7.37. The number of nitrogens with zero attached hydrogens (tertiary/aromatic N) is 7. The first-order valence-electron chi connectivity index (χ1n) is 11.9. The average molecular weight is 567 g/mol. The average Bonchev–Trinajstić information content (AvgIpc) is 3.32. The Bertz CT molecular complexity index is 1760. The number of rotatable bonds is 10. The van der Waals surface area contributed by atoms with Gasteiger partial charge in [0, 0.05) is 6.07 Å². The number of fused-ring (bicyclic) bond motifs is 1. The lowest BCUT2D eigenvalue weighted by Gasteiger charge is -2.16. The first-order chi connectivity index (χ1) is 19.3. The highest BCUT2D eigenvalue weighted by atomic mass is 32.2. The van der Waals surface area contributed by atoms with Crippen LogP contribution in [0.5, 0.6) is 17.4 Å². The molecule has 0 aliphatic carbocycles. The summed E-state index contributed by atoms with van der Waals surface area (Å²) in [5.41, 5.74) is 1.29. The number of anilines is 1. The third kappa shape index (κ3) is 5.44. The van der Waals surface area contributed by atoms with E-state index < -0.39 is 21.6 Å². The van der Waals surface area contributed by atoms with Crippen LogP contribution in [-0.4, -0.2) is 63.7 Å². The van der Waals surface area contributed by atoms with E-state index in [1.54, 1.807) is 41.0 Å². The Hall–Kier alpha value is -4.92. The molecular formula is C25H23FN8O5S. The third-order valence-corrected chi connectivity index (χ3v) is 6.65. The minimum absolute atomic E-state index is 0.0886. The van der Waals surface area contributed by atoms with Gasteiger partial charge >= 0.3 is 0 Å². The normalized spacial score (nSPS) is 11.4. The quantitative estimate of drug-likeness (QED) is 0.265. The third-order valence-electron chi connectivity index (χ3n) is 5.49. The van der Waals surface area contributed by atoms with E-state index in [0.29, 0.717) is 41.2 Å². The van der Waals surface area contributed by atoms with Crippen molar-refractivity contribution in [1.29, 1.82) is 0 Å². The van der Waals surface area contributed by atoms with E-state index in [1.807, 2.05) is 6.92 Å². The Morgan fingerprint density at radius 3 is 2.30 bits per heavy atom. The molecule has 0 saturated heterocycles. The molecule has 5 aromatic rings. The van der Waals surface area contributed by atoms with E-state index in [-0.39, 0.29) is 22.9 Å². The topological polar surface area (TPSA) is 156 Å². The molecule has 0 radical (unpaired) electrons. The van der Waals surface area contributed by atoms with Gasteiger partial charge in [-0.2, -0.15) is 0 Å². The lowest BCUT2D eigenvalue weighted by molar-refractivity contribution is 0.327. The highest BCUT2D eigenvalue weighted by molar-refractivity contribution is 7.91. The number of methoxy groups -OCH3 is 2. The second-order valence-corrected chi connectivity index (χ2v) is 9.88. The van der Waals surface area contributed by atoms with Crippen LogP contribution in [0.15, 0.2) is 55.0 Å². The van der Waals surface area contributed by atoms with Gasteiger partial charge < -0.3 is 14.2 Å². The zero-order valence-corrected chi connectivity index (χ0v) is 22.4. The second-order valence-electron chi connectivity index (χ2n) is 8.16. The fourth-order valence-electron chi connectivity index (χ4n) is 3.88. The van der Waals surface area contributed by atoms with Crippen molar-refractivity contribution in [2.24, 2.45) is 0 Å². The number of benzene rings is 1. The van der Waals surface area contributed by atoms with Crippen LogP contribution in [0.25, 0.3) is 28.5 Å². The van der Waals surface area contributed by atoms with Gasteiger partial charge in [-0.3, -0.25) is 9.29 Å². The monoisotopic (exact) mass is 566 g/mol. The Labute approximate surface area is 228 Å². The van der Waals surface area contributed by atoms with Crippen molar-refractivity contribution in [3.8, 4) is 34.6 Å². The van der Waals surface area contributed by atoms with E-state index >= 15 is 0 Å². The number of sulfonamides is 1. The summed E-state index contributed by atoms with van der Waals surface area (Å²) in [5, 5.41) is 0. The number of para-hydroxylation sites is 1. The van der Waals surface area contributed by atoms with Crippen LogP contribution in [0.3, 0.4) is 0 Å². The number of pyridine rings is 1. The maximum Gasteiger partial charge on any atom is 0.241 e. The van der Waals surface area contributed by atoms with Gasteiger partial charge in [0.25, 0.3) is 0 Å². The van der Waals surface area contributed by atoms with Gasteiger partial charge in [0.1, 0.15) is 34.5 Å². The molecule has 0 aliphatic heterocycles. The molecule has 0 atom stereocenters. The summed E-state index contributed by atoms with van der Waals surface area (Å²) in [6, 6.07) is 10.5. The van der Waals surface area contributed by atoms with Crippen molar-refractivity contribution in [3.63, 3.8) is 0 Å². The smallest absolute Gasteiger partial charge is 0.241 e. The number of hydrogen-bond acceptors (Lipinski definition) is 11. The second kappa shape index (κ2) is 11.1. The van der Waals surface area contributed by atoms with Crippen molar-refractivity contribution in [1.82, 2.24) is 34.5 Å². The van der Waals surface area contributed by atoms with Crippen LogP contribution in [-0.2, 0) is 15.8 Å². The van der Waals surface area contributed by atoms with E-state index in [0.717, 1.165) is 12.4 Å². The molecule has 5 rings (SSSR count). The minimum Gasteiger partial charge on any atom is -0.494 e. The first kappa shape index (κ1) is 26.7. The van der Waals surface area contributed by atoms with E-state index in [1.165, 1.54) is 20.4 Å². The SMILES string of the molecule is CCOc1cccc(-c2nc3ncc(NS(=O)(=O)Cc4ncc(F)cn4)nc3n2-c2c(OC)cccc2OC)n1. The molecule has 0 amide bonds. The van der Waals surface area contributed by atoms with Crippen LogP contribution < -0.4 is 18.9 Å². The minimum atomic E-state index is -4.04. The van der Waals surface area contributed by atoms with Gasteiger partial charge in [0.15, 0.2) is 28.8 Å². The van der Waals surface area contributed by atoms with Crippen LogP contribution >= 0.6 is 0 Å². The number of hydrogen-bond donors (Lipinski definition) is 1. The first-order valence-corrected chi connectivity index (χ1v) is 13.5. The van der Waals surface area contributed by atoms with Gasteiger partial charge in [0.05, 0.1) is 39.4 Å². The summed E-state index contributed by atoms with van der Waals surface area (Å²) < 4.78 is 59.6. The molecule has 40 heavy (non-hydrogen) atoms. The Balaban J connectivity index is 1.66. The maximum absolute atomic E-state index is 13.1. The Morgan fingerprint density at radius 2 is 1.62 bits per heavy atom. The highest BCUT2D eigenvalue weighted by Gasteiger charge is 2.25. The molecular weight excluding hydrogens is 543 g/mol. The van der Waals surface area contributed by atoms with Crippen molar-refractivity contribution < 1.29 is 27.0 Å². The number of halogens is 1. The number of ether oxygens (including phenoxy) is 3. The van der Waals surface area contributed by atoms with Crippen molar-refractivity contribution in [3.05, 3.63) is 66.6 Å². The zero-order valence-electron chi connectivity index (χ0n) is 21.6. The summed E-state index contributed by atoms with van der Waals surface area (Å²) >= 11 is 0. The van der Waals surface area contributed by atoms with Crippen molar-refractivity contribution in [2.75, 3.05) is 25.5 Å². The van der Waals surface area contributed by atoms with Crippen LogP contribution in [0.1, 0.15) is 12.7 Å². The van der Waals surface area contributed by atoms with Gasteiger partial charge in [-0.05, 0) is 25.1 Å². The number of imidazole rings is 1. The standard InChI is InChI=1S/C25H23FN8O5S/c1-4-39-21-10-5-7-16(30-21)24-32-23-25(34(24)22-17(37-2)8-6-9-18(22)38-3)31-19(13-29-23)33-40(35,36)14-20-27-11-15(26)12-28-20/h5-13H,4,14H2,1-3H3,(H,31,33).